The first kappa shape index (κ1) is 13.6. The van der Waals surface area contributed by atoms with Gasteiger partial charge in [-0.2, -0.15) is 0 Å². The van der Waals surface area contributed by atoms with E-state index in [1.165, 1.54) is 30.6 Å². The van der Waals surface area contributed by atoms with E-state index >= 15 is 0 Å². The summed E-state index contributed by atoms with van der Waals surface area (Å²) < 4.78 is 0. The molecule has 3 atom stereocenters. The van der Waals surface area contributed by atoms with Crippen LogP contribution in [0.5, 0.6) is 0 Å². The molecule has 0 spiro atoms. The maximum Gasteiger partial charge on any atom is 0.336 e. The Morgan fingerprint density at radius 2 is 2.33 bits per heavy atom. The molecule has 18 heavy (non-hydrogen) atoms. The van der Waals surface area contributed by atoms with E-state index in [-0.39, 0.29) is 0 Å². The second-order valence-electron chi connectivity index (χ2n) is 5.20. The largest absolute Gasteiger partial charge is 0.478 e. The lowest BCUT2D eigenvalue weighted by Gasteiger charge is -2.20. The molecule has 1 aromatic heterocycles. The lowest BCUT2D eigenvalue weighted by atomic mass is 9.93. The molecule has 0 bridgehead atoms. The minimum atomic E-state index is -0.835. The summed E-state index contributed by atoms with van der Waals surface area (Å²) >= 11 is 1.53. The summed E-state index contributed by atoms with van der Waals surface area (Å²) in [4.78, 5) is 11.9. The fraction of sp³-hybridized carbons (Fsp3) is 0.643. The van der Waals surface area contributed by atoms with E-state index in [9.17, 15) is 4.79 Å². The van der Waals surface area contributed by atoms with Crippen molar-refractivity contribution in [1.82, 2.24) is 5.32 Å². The second-order valence-corrected chi connectivity index (χ2v) is 6.19. The first-order chi connectivity index (χ1) is 8.61. The van der Waals surface area contributed by atoms with Gasteiger partial charge >= 0.3 is 5.97 Å². The summed E-state index contributed by atoms with van der Waals surface area (Å²) in [5, 5.41) is 14.2. The van der Waals surface area contributed by atoms with Gasteiger partial charge in [0.1, 0.15) is 0 Å². The molecule has 1 aromatic rings. The van der Waals surface area contributed by atoms with E-state index in [1.807, 2.05) is 0 Å². The maximum atomic E-state index is 10.8. The van der Waals surface area contributed by atoms with Crippen LogP contribution in [0, 0.1) is 11.8 Å². The lowest BCUT2D eigenvalue weighted by molar-refractivity contribution is 0.0697. The monoisotopic (exact) mass is 267 g/mol. The fourth-order valence-corrected chi connectivity index (χ4v) is 3.74. The molecule has 1 aliphatic carbocycles. The molecule has 3 unspecified atom stereocenters. The maximum absolute atomic E-state index is 10.8. The Bertz CT molecular complexity index is 416. The Morgan fingerprint density at radius 1 is 1.56 bits per heavy atom. The highest BCUT2D eigenvalue weighted by Crippen LogP contribution is 2.34. The van der Waals surface area contributed by atoms with Gasteiger partial charge in [0.05, 0.1) is 5.56 Å². The second kappa shape index (κ2) is 5.85. The zero-order valence-corrected chi connectivity index (χ0v) is 11.8. The smallest absolute Gasteiger partial charge is 0.336 e. The molecule has 1 fully saturated rings. The third-order valence-electron chi connectivity index (χ3n) is 4.19. The molecule has 1 aliphatic rings. The van der Waals surface area contributed by atoms with Crippen LogP contribution in [-0.2, 0) is 6.54 Å². The first-order valence-corrected chi connectivity index (χ1v) is 7.53. The first-order valence-electron chi connectivity index (χ1n) is 6.66. The predicted molar refractivity (Wildman–Crippen MR) is 74.1 cm³/mol. The lowest BCUT2D eigenvalue weighted by Crippen LogP contribution is -2.31. The van der Waals surface area contributed by atoms with Crippen LogP contribution < -0.4 is 5.32 Å². The van der Waals surface area contributed by atoms with E-state index in [0.717, 1.165) is 23.3 Å². The fourth-order valence-electron chi connectivity index (χ4n) is 2.93. The Kier molecular flexibility index (Phi) is 4.40. The van der Waals surface area contributed by atoms with E-state index in [2.05, 4.69) is 19.2 Å². The third-order valence-corrected chi connectivity index (χ3v) is 5.13. The molecular weight excluding hydrogens is 246 g/mol. The molecule has 4 heteroatoms. The summed E-state index contributed by atoms with van der Waals surface area (Å²) in [6.45, 7) is 5.39. The molecule has 0 aromatic carbocycles. The molecule has 1 saturated carbocycles. The van der Waals surface area contributed by atoms with Gasteiger partial charge < -0.3 is 10.4 Å². The summed E-state index contributed by atoms with van der Waals surface area (Å²) in [5.41, 5.74) is 0.405. The van der Waals surface area contributed by atoms with Gasteiger partial charge in [-0.15, -0.1) is 11.3 Å². The number of carboxylic acid groups (broad SMARTS) is 1. The van der Waals surface area contributed by atoms with Crippen molar-refractivity contribution in [2.75, 3.05) is 0 Å². The summed E-state index contributed by atoms with van der Waals surface area (Å²) in [6, 6.07) is 2.36. The number of rotatable bonds is 5. The highest BCUT2D eigenvalue weighted by atomic mass is 32.1. The molecule has 2 N–H and O–H groups in total. The van der Waals surface area contributed by atoms with E-state index in [1.54, 1.807) is 11.4 Å². The van der Waals surface area contributed by atoms with Crippen LogP contribution in [0.25, 0.3) is 0 Å². The minimum absolute atomic E-state index is 0.405. The van der Waals surface area contributed by atoms with Gasteiger partial charge in [-0.3, -0.25) is 0 Å². The molecule has 0 radical (unpaired) electrons. The molecule has 1 heterocycles. The molecule has 2 rings (SSSR count). The van der Waals surface area contributed by atoms with Crippen LogP contribution >= 0.6 is 11.3 Å². The van der Waals surface area contributed by atoms with Crippen LogP contribution in [0.3, 0.4) is 0 Å². The van der Waals surface area contributed by atoms with Crippen LogP contribution in [0.15, 0.2) is 11.4 Å². The number of carbonyl (C=O) groups is 1. The number of hydrogen-bond donors (Lipinski definition) is 2. The quantitative estimate of drug-likeness (QED) is 0.860. The third kappa shape index (κ3) is 2.93. The molecular formula is C14H21NO2S. The van der Waals surface area contributed by atoms with Gasteiger partial charge in [0.2, 0.25) is 0 Å². The zero-order valence-electron chi connectivity index (χ0n) is 11.0. The average molecular weight is 267 g/mol. The van der Waals surface area contributed by atoms with Crippen molar-refractivity contribution >= 4 is 17.3 Å². The van der Waals surface area contributed by atoms with E-state index in [4.69, 9.17) is 5.11 Å². The number of carboxylic acids is 1. The Morgan fingerprint density at radius 3 is 2.89 bits per heavy atom. The van der Waals surface area contributed by atoms with Crippen molar-refractivity contribution in [3.05, 3.63) is 21.9 Å². The highest BCUT2D eigenvalue weighted by molar-refractivity contribution is 7.10. The van der Waals surface area contributed by atoms with Gasteiger partial charge in [0.15, 0.2) is 0 Å². The standard InChI is InChI=1S/C14H21NO2S/c1-3-10-4-5-13(9(10)2)15-7-12-6-11(8-18-12)14(16)17/h6,8-10,13,15H,3-5,7H2,1-2H3,(H,16,17). The van der Waals surface area contributed by atoms with Gasteiger partial charge in [-0.1, -0.05) is 20.3 Å². The molecule has 3 nitrogen and oxygen atoms in total. The molecule has 100 valence electrons. The van der Waals surface area contributed by atoms with Gasteiger partial charge in [-0.25, -0.2) is 4.79 Å². The predicted octanol–water partition coefficient (Wildman–Crippen LogP) is 3.36. The number of thiophene rings is 1. The number of hydrogen-bond acceptors (Lipinski definition) is 3. The highest BCUT2D eigenvalue weighted by Gasteiger charge is 2.30. The van der Waals surface area contributed by atoms with Crippen LogP contribution in [0.2, 0.25) is 0 Å². The minimum Gasteiger partial charge on any atom is -0.478 e. The molecule has 0 saturated heterocycles. The average Bonchev–Trinajstić information content (AvgIpc) is 2.93. The van der Waals surface area contributed by atoms with Crippen LogP contribution in [0.1, 0.15) is 48.3 Å². The summed E-state index contributed by atoms with van der Waals surface area (Å²) in [6.07, 6.45) is 3.83. The number of nitrogens with one attached hydrogen (secondary N) is 1. The topological polar surface area (TPSA) is 49.3 Å². The zero-order chi connectivity index (χ0) is 13.1. The summed E-state index contributed by atoms with van der Waals surface area (Å²) in [5.74, 6) is 0.743. The van der Waals surface area contributed by atoms with Crippen molar-refractivity contribution in [2.45, 2.75) is 45.7 Å². The molecule has 0 amide bonds. The van der Waals surface area contributed by atoms with Crippen LogP contribution in [-0.4, -0.2) is 17.1 Å². The van der Waals surface area contributed by atoms with Crippen molar-refractivity contribution < 1.29 is 9.90 Å². The van der Waals surface area contributed by atoms with Gasteiger partial charge in [0.25, 0.3) is 0 Å². The van der Waals surface area contributed by atoms with E-state index in [0.29, 0.717) is 11.6 Å². The normalized spacial score (nSPS) is 27.6. The van der Waals surface area contributed by atoms with Crippen molar-refractivity contribution in [3.63, 3.8) is 0 Å². The molecule has 0 aliphatic heterocycles. The Balaban J connectivity index is 1.86. The van der Waals surface area contributed by atoms with Crippen molar-refractivity contribution in [3.8, 4) is 0 Å². The van der Waals surface area contributed by atoms with E-state index < -0.39 is 5.97 Å². The number of aromatic carboxylic acids is 1. The van der Waals surface area contributed by atoms with Crippen molar-refractivity contribution in [2.24, 2.45) is 11.8 Å². The summed E-state index contributed by atoms with van der Waals surface area (Å²) in [7, 11) is 0. The SMILES string of the molecule is CCC1CCC(NCc2cc(C(=O)O)cs2)C1C. The van der Waals surface area contributed by atoms with Gasteiger partial charge in [-0.05, 0) is 30.7 Å². The Labute approximate surface area is 112 Å². The van der Waals surface area contributed by atoms with Crippen molar-refractivity contribution in [1.29, 1.82) is 0 Å². The van der Waals surface area contributed by atoms with Crippen LogP contribution in [0.4, 0.5) is 0 Å². The Hall–Kier alpha value is -0.870. The van der Waals surface area contributed by atoms with Gasteiger partial charge in [0, 0.05) is 22.8 Å².